The van der Waals surface area contributed by atoms with E-state index in [2.05, 4.69) is 15.3 Å². The second-order valence-electron chi connectivity index (χ2n) is 7.09. The van der Waals surface area contributed by atoms with Gasteiger partial charge in [-0.15, -0.1) is 0 Å². The molecular formula is C21H24F3N3O3. The van der Waals surface area contributed by atoms with Crippen LogP contribution in [0.1, 0.15) is 59.5 Å². The summed E-state index contributed by atoms with van der Waals surface area (Å²) in [6, 6.07) is 5.12. The second-order valence-corrected chi connectivity index (χ2v) is 7.09. The Bertz CT molecular complexity index is 872. The maximum atomic E-state index is 12.8. The third kappa shape index (κ3) is 5.27. The van der Waals surface area contributed by atoms with Gasteiger partial charge < -0.3 is 14.8 Å². The van der Waals surface area contributed by atoms with Crippen molar-refractivity contribution >= 4 is 11.8 Å². The Labute approximate surface area is 172 Å². The molecule has 0 amide bonds. The van der Waals surface area contributed by atoms with Crippen molar-refractivity contribution in [1.82, 2.24) is 9.97 Å². The van der Waals surface area contributed by atoms with Gasteiger partial charge in [-0.05, 0) is 50.8 Å². The number of rotatable bonds is 6. The Morgan fingerprint density at radius 2 is 1.97 bits per heavy atom. The molecule has 0 saturated carbocycles. The molecule has 2 aromatic rings. The van der Waals surface area contributed by atoms with Crippen LogP contribution in [0.2, 0.25) is 0 Å². The molecule has 0 bridgehead atoms. The van der Waals surface area contributed by atoms with Crippen molar-refractivity contribution in [2.75, 3.05) is 18.5 Å². The third-order valence-electron chi connectivity index (χ3n) is 5.01. The van der Waals surface area contributed by atoms with Crippen LogP contribution in [-0.4, -0.2) is 35.2 Å². The van der Waals surface area contributed by atoms with E-state index in [0.717, 1.165) is 37.0 Å². The van der Waals surface area contributed by atoms with E-state index in [9.17, 15) is 18.0 Å². The van der Waals surface area contributed by atoms with Crippen LogP contribution in [0.5, 0.6) is 0 Å². The zero-order chi connectivity index (χ0) is 21.7. The fourth-order valence-corrected chi connectivity index (χ4v) is 3.43. The zero-order valence-electron chi connectivity index (χ0n) is 16.8. The van der Waals surface area contributed by atoms with Crippen LogP contribution in [0.25, 0.3) is 0 Å². The van der Waals surface area contributed by atoms with Crippen molar-refractivity contribution < 1.29 is 27.4 Å². The van der Waals surface area contributed by atoms with Crippen molar-refractivity contribution in [2.45, 2.75) is 51.5 Å². The van der Waals surface area contributed by atoms with E-state index in [1.165, 1.54) is 18.5 Å². The van der Waals surface area contributed by atoms with Gasteiger partial charge in [0.25, 0.3) is 0 Å². The molecule has 1 N–H and O–H groups in total. The monoisotopic (exact) mass is 423 g/mol. The number of esters is 1. The van der Waals surface area contributed by atoms with Crippen molar-refractivity contribution in [3.63, 3.8) is 0 Å². The summed E-state index contributed by atoms with van der Waals surface area (Å²) in [5.41, 5.74) is 0.861. The molecule has 1 aliphatic rings. The predicted molar refractivity (Wildman–Crippen MR) is 104 cm³/mol. The zero-order valence-corrected chi connectivity index (χ0v) is 16.8. The first-order valence-corrected chi connectivity index (χ1v) is 9.84. The van der Waals surface area contributed by atoms with E-state index in [-0.39, 0.29) is 24.5 Å². The van der Waals surface area contributed by atoms with Gasteiger partial charge in [0.15, 0.2) is 5.69 Å². The number of nitrogens with one attached hydrogen (secondary N) is 1. The first-order valence-electron chi connectivity index (χ1n) is 9.84. The molecule has 9 heteroatoms. The average Bonchev–Trinajstić information content (AvgIpc) is 2.73. The maximum absolute atomic E-state index is 12.8. The summed E-state index contributed by atoms with van der Waals surface area (Å²) in [5, 5.41) is 3.19. The highest BCUT2D eigenvalue weighted by Gasteiger charge is 2.31. The molecule has 1 aromatic carbocycles. The minimum absolute atomic E-state index is 0.133. The summed E-state index contributed by atoms with van der Waals surface area (Å²) < 4.78 is 49.4. The lowest BCUT2D eigenvalue weighted by atomic mass is 9.97. The van der Waals surface area contributed by atoms with Gasteiger partial charge in [0, 0.05) is 12.1 Å². The number of aromatic nitrogens is 2. The van der Waals surface area contributed by atoms with E-state index >= 15 is 0 Å². The standard InChI is InChI=1S/C21H24F3N3O3/c1-3-29-20(28)18-13(2)19(27-12-26-18)25-11-16-5-4-6-17(30-16)14-7-9-15(10-8-14)21(22,23)24/h7-10,12,16-17H,3-6,11H2,1-2H3,(H,25,26,27)/t16-,17+/m1/s1. The summed E-state index contributed by atoms with van der Waals surface area (Å²) in [6.45, 7) is 4.17. The highest BCUT2D eigenvalue weighted by atomic mass is 19.4. The van der Waals surface area contributed by atoms with Crippen molar-refractivity contribution in [3.8, 4) is 0 Å². The van der Waals surface area contributed by atoms with Gasteiger partial charge >= 0.3 is 12.1 Å². The van der Waals surface area contributed by atoms with Crippen LogP contribution < -0.4 is 5.32 Å². The molecule has 6 nitrogen and oxygen atoms in total. The molecule has 2 heterocycles. The molecule has 0 unspecified atom stereocenters. The topological polar surface area (TPSA) is 73.3 Å². The fourth-order valence-electron chi connectivity index (χ4n) is 3.43. The number of benzene rings is 1. The van der Waals surface area contributed by atoms with Gasteiger partial charge in [-0.1, -0.05) is 12.1 Å². The lowest BCUT2D eigenvalue weighted by molar-refractivity contribution is -0.137. The molecule has 1 aliphatic heterocycles. The van der Waals surface area contributed by atoms with Crippen LogP contribution in [0.4, 0.5) is 19.0 Å². The SMILES string of the molecule is CCOC(=O)c1ncnc(NC[C@H]2CCC[C@@H](c3ccc(C(F)(F)F)cc3)O2)c1C. The molecule has 2 atom stereocenters. The Morgan fingerprint density at radius 3 is 2.63 bits per heavy atom. The van der Waals surface area contributed by atoms with Gasteiger partial charge in [-0.25, -0.2) is 14.8 Å². The van der Waals surface area contributed by atoms with Crippen LogP contribution in [0, 0.1) is 6.92 Å². The Morgan fingerprint density at radius 1 is 1.23 bits per heavy atom. The van der Waals surface area contributed by atoms with Crippen molar-refractivity contribution in [2.24, 2.45) is 0 Å². The van der Waals surface area contributed by atoms with Gasteiger partial charge in [0.1, 0.15) is 12.1 Å². The first kappa shape index (κ1) is 22.0. The summed E-state index contributed by atoms with van der Waals surface area (Å²) in [7, 11) is 0. The van der Waals surface area contributed by atoms with Crippen molar-refractivity contribution in [3.05, 3.63) is 53.0 Å². The number of nitrogens with zero attached hydrogens (tertiary/aromatic N) is 2. The van der Waals surface area contributed by atoms with Crippen LogP contribution in [-0.2, 0) is 15.7 Å². The van der Waals surface area contributed by atoms with Crippen LogP contribution in [0.15, 0.2) is 30.6 Å². The van der Waals surface area contributed by atoms with Crippen LogP contribution in [0.3, 0.4) is 0 Å². The van der Waals surface area contributed by atoms with E-state index in [1.807, 2.05) is 0 Å². The largest absolute Gasteiger partial charge is 0.461 e. The lowest BCUT2D eigenvalue weighted by Crippen LogP contribution is -2.29. The number of halogens is 3. The molecule has 1 saturated heterocycles. The number of anilines is 1. The summed E-state index contributed by atoms with van der Waals surface area (Å²) in [4.78, 5) is 20.1. The van der Waals surface area contributed by atoms with Gasteiger partial charge in [0.2, 0.25) is 0 Å². The van der Waals surface area contributed by atoms with E-state index in [0.29, 0.717) is 17.9 Å². The number of alkyl halides is 3. The molecule has 3 rings (SSSR count). The molecule has 1 fully saturated rings. The minimum atomic E-state index is -4.35. The first-order chi connectivity index (χ1) is 14.3. The molecular weight excluding hydrogens is 399 g/mol. The van der Waals surface area contributed by atoms with Gasteiger partial charge in [-0.2, -0.15) is 13.2 Å². The minimum Gasteiger partial charge on any atom is -0.461 e. The van der Waals surface area contributed by atoms with Gasteiger partial charge in [0.05, 0.1) is 24.4 Å². The Hall–Kier alpha value is -2.68. The Balaban J connectivity index is 1.62. The summed E-state index contributed by atoms with van der Waals surface area (Å²) in [6.07, 6.45) is -0.972. The van der Waals surface area contributed by atoms with E-state index in [1.54, 1.807) is 13.8 Å². The summed E-state index contributed by atoms with van der Waals surface area (Å²) in [5.74, 6) is 0.0186. The second kappa shape index (κ2) is 9.42. The predicted octanol–water partition coefficient (Wildman–Crippen LogP) is 4.70. The normalized spacial score (nSPS) is 19.4. The number of hydrogen-bond donors (Lipinski definition) is 1. The quantitative estimate of drug-likeness (QED) is 0.679. The number of ether oxygens (including phenoxy) is 2. The fraction of sp³-hybridized carbons (Fsp3) is 0.476. The number of carbonyl (C=O) groups is 1. The highest BCUT2D eigenvalue weighted by molar-refractivity contribution is 5.90. The Kier molecular flexibility index (Phi) is 6.91. The molecule has 0 aliphatic carbocycles. The average molecular weight is 423 g/mol. The lowest BCUT2D eigenvalue weighted by Gasteiger charge is -2.31. The molecule has 0 spiro atoms. The molecule has 1 aromatic heterocycles. The molecule has 30 heavy (non-hydrogen) atoms. The molecule has 162 valence electrons. The number of hydrogen-bond acceptors (Lipinski definition) is 6. The van der Waals surface area contributed by atoms with Crippen molar-refractivity contribution in [1.29, 1.82) is 0 Å². The number of carbonyl (C=O) groups excluding carboxylic acids is 1. The van der Waals surface area contributed by atoms with E-state index in [4.69, 9.17) is 9.47 Å². The van der Waals surface area contributed by atoms with Gasteiger partial charge in [-0.3, -0.25) is 0 Å². The smallest absolute Gasteiger partial charge is 0.416 e. The summed E-state index contributed by atoms with van der Waals surface area (Å²) >= 11 is 0. The van der Waals surface area contributed by atoms with Crippen LogP contribution >= 0.6 is 0 Å². The maximum Gasteiger partial charge on any atom is 0.416 e. The third-order valence-corrected chi connectivity index (χ3v) is 5.01. The van der Waals surface area contributed by atoms with E-state index < -0.39 is 17.7 Å². The highest BCUT2D eigenvalue weighted by Crippen LogP contribution is 2.34. The molecule has 0 radical (unpaired) electrons.